The largest absolute Gasteiger partial charge is 0.493 e. The SMILES string of the molecule is COc1cc(F)ccc1Oc1cccc(C2(c3ccsc3)CCC(Sc3ccccc3Cl)CN2)n1. The van der Waals surface area contributed by atoms with Crippen molar-refractivity contribution >= 4 is 34.7 Å². The predicted octanol–water partition coefficient (Wildman–Crippen LogP) is 7.52. The second kappa shape index (κ2) is 10.6. The monoisotopic (exact) mass is 526 g/mol. The van der Waals surface area contributed by atoms with Crippen LogP contribution in [0.1, 0.15) is 24.1 Å². The standard InChI is InChI=1S/C27H24ClFN2O2S2/c1-32-23-15-19(29)9-10-22(23)33-26-8-4-7-25(31-26)27(18-12-14-34-17-18)13-11-20(16-30-27)35-24-6-3-2-5-21(24)28/h2-10,12,14-15,17,20,30H,11,13,16H2,1H3. The molecule has 3 heterocycles. The molecule has 0 spiro atoms. The normalized spacial score (nSPS) is 19.9. The van der Waals surface area contributed by atoms with E-state index < -0.39 is 5.54 Å². The molecule has 0 bridgehead atoms. The van der Waals surface area contributed by atoms with Crippen LogP contribution < -0.4 is 14.8 Å². The third kappa shape index (κ3) is 5.19. The zero-order chi connectivity index (χ0) is 24.3. The molecule has 4 aromatic rings. The van der Waals surface area contributed by atoms with E-state index in [1.807, 2.05) is 42.1 Å². The molecule has 1 aliphatic rings. The van der Waals surface area contributed by atoms with Crippen molar-refractivity contribution < 1.29 is 13.9 Å². The van der Waals surface area contributed by atoms with E-state index >= 15 is 0 Å². The maximum atomic E-state index is 13.6. The Morgan fingerprint density at radius 3 is 2.74 bits per heavy atom. The number of thiophene rings is 1. The number of benzene rings is 2. The second-order valence-corrected chi connectivity index (χ2v) is 10.8. The van der Waals surface area contributed by atoms with E-state index in [1.165, 1.54) is 24.8 Å². The molecule has 5 rings (SSSR count). The Balaban J connectivity index is 1.41. The van der Waals surface area contributed by atoms with Gasteiger partial charge in [0.25, 0.3) is 0 Å². The molecule has 180 valence electrons. The molecule has 0 radical (unpaired) electrons. The van der Waals surface area contributed by atoms with E-state index in [4.69, 9.17) is 26.1 Å². The van der Waals surface area contributed by atoms with Crippen molar-refractivity contribution in [3.63, 3.8) is 0 Å². The number of piperidine rings is 1. The highest BCUT2D eigenvalue weighted by Gasteiger charge is 2.40. The van der Waals surface area contributed by atoms with Crippen LogP contribution in [0.3, 0.4) is 0 Å². The fraction of sp³-hybridized carbons (Fsp3) is 0.222. The van der Waals surface area contributed by atoms with Crippen molar-refractivity contribution in [3.8, 4) is 17.4 Å². The van der Waals surface area contributed by atoms with E-state index in [0.29, 0.717) is 22.6 Å². The summed E-state index contributed by atoms with van der Waals surface area (Å²) in [5, 5.41) is 9.26. The van der Waals surface area contributed by atoms with Gasteiger partial charge < -0.3 is 14.8 Å². The van der Waals surface area contributed by atoms with Crippen LogP contribution in [0.15, 0.2) is 82.4 Å². The number of halogens is 2. The number of methoxy groups -OCH3 is 1. The van der Waals surface area contributed by atoms with Crippen molar-refractivity contribution in [2.24, 2.45) is 0 Å². The highest BCUT2D eigenvalue weighted by molar-refractivity contribution is 8.00. The highest BCUT2D eigenvalue weighted by atomic mass is 35.5. The van der Waals surface area contributed by atoms with Gasteiger partial charge >= 0.3 is 0 Å². The molecule has 1 N–H and O–H groups in total. The van der Waals surface area contributed by atoms with Gasteiger partial charge in [0.05, 0.1) is 23.4 Å². The van der Waals surface area contributed by atoms with Crippen molar-refractivity contribution in [2.75, 3.05) is 13.7 Å². The fourth-order valence-corrected chi connectivity index (χ4v) is 6.44. The van der Waals surface area contributed by atoms with Crippen LogP contribution in [-0.2, 0) is 5.54 Å². The van der Waals surface area contributed by atoms with Gasteiger partial charge in [0, 0.05) is 28.8 Å². The van der Waals surface area contributed by atoms with Crippen molar-refractivity contribution in [1.29, 1.82) is 0 Å². The molecule has 2 atom stereocenters. The summed E-state index contributed by atoms with van der Waals surface area (Å²) in [6, 6.07) is 20.1. The zero-order valence-electron chi connectivity index (χ0n) is 19.0. The zero-order valence-corrected chi connectivity index (χ0v) is 21.4. The Morgan fingerprint density at radius 2 is 2.00 bits per heavy atom. The van der Waals surface area contributed by atoms with Gasteiger partial charge in [-0.1, -0.05) is 29.8 Å². The lowest BCUT2D eigenvalue weighted by Crippen LogP contribution is -2.50. The Morgan fingerprint density at radius 1 is 1.11 bits per heavy atom. The van der Waals surface area contributed by atoms with Crippen LogP contribution in [0.5, 0.6) is 17.4 Å². The summed E-state index contributed by atoms with van der Waals surface area (Å²) in [5.41, 5.74) is 1.65. The quantitative estimate of drug-likeness (QED) is 0.270. The van der Waals surface area contributed by atoms with Crippen molar-refractivity contribution in [3.05, 3.63) is 99.6 Å². The first kappa shape index (κ1) is 24.1. The minimum absolute atomic E-state index is 0.319. The summed E-state index contributed by atoms with van der Waals surface area (Å²) < 4.78 is 24.9. The summed E-state index contributed by atoms with van der Waals surface area (Å²) in [6.07, 6.45) is 1.87. The summed E-state index contributed by atoms with van der Waals surface area (Å²) in [7, 11) is 1.49. The lowest BCUT2D eigenvalue weighted by atomic mass is 9.80. The first-order valence-corrected chi connectivity index (χ1v) is 13.5. The summed E-state index contributed by atoms with van der Waals surface area (Å²) >= 11 is 9.88. The molecule has 2 aromatic carbocycles. The van der Waals surface area contributed by atoms with Crippen LogP contribution in [0.25, 0.3) is 0 Å². The van der Waals surface area contributed by atoms with Gasteiger partial charge in [-0.3, -0.25) is 0 Å². The lowest BCUT2D eigenvalue weighted by molar-refractivity contribution is 0.305. The van der Waals surface area contributed by atoms with Crippen LogP contribution in [0.2, 0.25) is 5.02 Å². The van der Waals surface area contributed by atoms with Crippen LogP contribution >= 0.6 is 34.7 Å². The van der Waals surface area contributed by atoms with E-state index in [1.54, 1.807) is 23.5 Å². The number of pyridine rings is 1. The Bertz CT molecular complexity index is 1290. The first-order chi connectivity index (χ1) is 17.1. The minimum atomic E-state index is -0.427. The molecule has 8 heteroatoms. The highest BCUT2D eigenvalue weighted by Crippen LogP contribution is 2.42. The number of hydrogen-bond donors (Lipinski definition) is 1. The summed E-state index contributed by atoms with van der Waals surface area (Å²) in [6.45, 7) is 0.810. The maximum Gasteiger partial charge on any atom is 0.219 e. The minimum Gasteiger partial charge on any atom is -0.493 e. The van der Waals surface area contributed by atoms with E-state index in [-0.39, 0.29) is 5.82 Å². The number of ether oxygens (including phenoxy) is 2. The lowest BCUT2D eigenvalue weighted by Gasteiger charge is -2.41. The second-order valence-electron chi connectivity index (χ2n) is 8.27. The van der Waals surface area contributed by atoms with Gasteiger partial charge in [0.1, 0.15) is 5.82 Å². The third-order valence-corrected chi connectivity index (χ3v) is 8.59. The molecular formula is C27H24ClFN2O2S2. The van der Waals surface area contributed by atoms with Gasteiger partial charge in [-0.2, -0.15) is 11.3 Å². The van der Waals surface area contributed by atoms with E-state index in [2.05, 4.69) is 28.2 Å². The number of thioether (sulfide) groups is 1. The number of nitrogens with one attached hydrogen (secondary N) is 1. The number of hydrogen-bond acceptors (Lipinski definition) is 6. The molecular weight excluding hydrogens is 503 g/mol. The number of rotatable bonds is 7. The molecule has 35 heavy (non-hydrogen) atoms. The Kier molecular flexibility index (Phi) is 7.29. The topological polar surface area (TPSA) is 43.4 Å². The molecule has 0 aliphatic carbocycles. The number of aromatic nitrogens is 1. The average molecular weight is 527 g/mol. The van der Waals surface area contributed by atoms with Gasteiger partial charge in [0.2, 0.25) is 5.88 Å². The third-order valence-electron chi connectivity index (χ3n) is 6.12. The summed E-state index contributed by atoms with van der Waals surface area (Å²) in [5.74, 6) is 0.773. The van der Waals surface area contributed by atoms with Gasteiger partial charge in [-0.05, 0) is 65.6 Å². The molecule has 0 saturated carbocycles. The van der Waals surface area contributed by atoms with Crippen LogP contribution in [-0.4, -0.2) is 23.9 Å². The first-order valence-electron chi connectivity index (χ1n) is 11.3. The van der Waals surface area contributed by atoms with Crippen molar-refractivity contribution in [1.82, 2.24) is 10.3 Å². The fourth-order valence-electron chi connectivity index (χ4n) is 4.34. The molecule has 0 amide bonds. The Hall–Kier alpha value is -2.58. The maximum absolute atomic E-state index is 13.6. The number of nitrogens with zero attached hydrogens (tertiary/aromatic N) is 1. The predicted molar refractivity (Wildman–Crippen MR) is 141 cm³/mol. The van der Waals surface area contributed by atoms with E-state index in [0.717, 1.165) is 35.0 Å². The molecule has 4 nitrogen and oxygen atoms in total. The van der Waals surface area contributed by atoms with Crippen molar-refractivity contribution in [2.45, 2.75) is 28.5 Å². The molecule has 2 aromatic heterocycles. The van der Waals surface area contributed by atoms with Crippen LogP contribution in [0, 0.1) is 5.82 Å². The van der Waals surface area contributed by atoms with Crippen LogP contribution in [0.4, 0.5) is 4.39 Å². The van der Waals surface area contributed by atoms with Gasteiger partial charge in [-0.15, -0.1) is 11.8 Å². The van der Waals surface area contributed by atoms with Gasteiger partial charge in [0.15, 0.2) is 11.5 Å². The molecule has 1 fully saturated rings. The molecule has 1 aliphatic heterocycles. The molecule has 2 unspecified atom stereocenters. The smallest absolute Gasteiger partial charge is 0.219 e. The van der Waals surface area contributed by atoms with Gasteiger partial charge in [-0.25, -0.2) is 9.37 Å². The summed E-state index contributed by atoms with van der Waals surface area (Å²) in [4.78, 5) is 5.99. The molecule has 1 saturated heterocycles. The average Bonchev–Trinajstić information content (AvgIpc) is 3.43. The van der Waals surface area contributed by atoms with E-state index in [9.17, 15) is 4.39 Å². The Labute approximate surface area is 217 Å².